The van der Waals surface area contributed by atoms with E-state index >= 15 is 0 Å². The van der Waals surface area contributed by atoms with Crippen molar-refractivity contribution in [1.82, 2.24) is 5.32 Å². The van der Waals surface area contributed by atoms with Gasteiger partial charge in [0.15, 0.2) is 0 Å². The zero-order chi connectivity index (χ0) is 15.0. The van der Waals surface area contributed by atoms with E-state index in [4.69, 9.17) is 23.1 Å². The van der Waals surface area contributed by atoms with Crippen molar-refractivity contribution in [3.05, 3.63) is 29.3 Å². The summed E-state index contributed by atoms with van der Waals surface area (Å²) in [6.45, 7) is 0. The zero-order valence-corrected chi connectivity index (χ0v) is 12.2. The molecule has 0 radical (unpaired) electrons. The Labute approximate surface area is 126 Å². The van der Waals surface area contributed by atoms with Gasteiger partial charge in [0.1, 0.15) is 6.04 Å². The number of rotatable bonds is 7. The number of carbonyl (C=O) groups excluding carboxylic acids is 1. The topological polar surface area (TPSA) is 66.4 Å². The van der Waals surface area contributed by atoms with Crippen molar-refractivity contribution in [3.63, 3.8) is 0 Å². The Morgan fingerprint density at radius 3 is 2.60 bits per heavy atom. The van der Waals surface area contributed by atoms with Crippen LogP contribution in [-0.2, 0) is 9.59 Å². The summed E-state index contributed by atoms with van der Waals surface area (Å²) in [5.41, 5.74) is 0. The molecule has 0 aliphatic rings. The highest BCUT2D eigenvalue weighted by atomic mass is 35.5. The van der Waals surface area contributed by atoms with Gasteiger partial charge < -0.3 is 10.4 Å². The smallest absolute Gasteiger partial charge is 0.327 e. The average Bonchev–Trinajstić information content (AvgIpc) is 2.40. The molecule has 20 heavy (non-hydrogen) atoms. The number of carbonyl (C=O) groups is 2. The normalized spacial score (nSPS) is 11.4. The van der Waals surface area contributed by atoms with Gasteiger partial charge in [0.05, 0.1) is 0 Å². The van der Waals surface area contributed by atoms with Gasteiger partial charge in [-0.25, -0.2) is 4.79 Å². The van der Waals surface area contributed by atoms with E-state index in [0.717, 1.165) is 4.90 Å². The molecule has 0 spiro atoms. The molecule has 1 unspecified atom stereocenters. The summed E-state index contributed by atoms with van der Waals surface area (Å²) in [6.07, 6.45) is 5.25. The molecule has 1 atom stereocenters. The van der Waals surface area contributed by atoms with Crippen molar-refractivity contribution in [2.45, 2.75) is 23.8 Å². The summed E-state index contributed by atoms with van der Waals surface area (Å²) in [7, 11) is 0. The fourth-order valence-corrected chi connectivity index (χ4v) is 2.35. The SMILES string of the molecule is C#CCC(NC(=O)CCSc1ccc(Cl)cc1)C(=O)O. The van der Waals surface area contributed by atoms with Gasteiger partial charge in [-0.15, -0.1) is 24.1 Å². The van der Waals surface area contributed by atoms with E-state index in [0.29, 0.717) is 10.8 Å². The lowest BCUT2D eigenvalue weighted by atomic mass is 10.2. The summed E-state index contributed by atoms with van der Waals surface area (Å²) >= 11 is 7.27. The summed E-state index contributed by atoms with van der Waals surface area (Å²) in [4.78, 5) is 23.4. The van der Waals surface area contributed by atoms with E-state index in [1.54, 1.807) is 12.1 Å². The second-order valence-electron chi connectivity index (χ2n) is 3.92. The van der Waals surface area contributed by atoms with Crippen molar-refractivity contribution in [3.8, 4) is 12.3 Å². The quantitative estimate of drug-likeness (QED) is 0.599. The number of carboxylic acids is 1. The largest absolute Gasteiger partial charge is 0.480 e. The summed E-state index contributed by atoms with van der Waals surface area (Å²) < 4.78 is 0. The monoisotopic (exact) mass is 311 g/mol. The number of hydrogen-bond acceptors (Lipinski definition) is 3. The average molecular weight is 312 g/mol. The van der Waals surface area contributed by atoms with Crippen molar-refractivity contribution in [1.29, 1.82) is 0 Å². The molecule has 1 aromatic rings. The number of benzene rings is 1. The van der Waals surface area contributed by atoms with Crippen LogP contribution >= 0.6 is 23.4 Å². The molecule has 1 aromatic carbocycles. The predicted octanol–water partition coefficient (Wildman–Crippen LogP) is 2.41. The second kappa shape index (κ2) is 8.51. The maximum Gasteiger partial charge on any atom is 0.327 e. The molecule has 2 N–H and O–H groups in total. The standard InChI is InChI=1S/C14H14ClNO3S/c1-2-3-12(14(18)19)16-13(17)8-9-20-11-6-4-10(15)5-7-11/h1,4-7,12H,3,8-9H2,(H,16,17)(H,18,19). The highest BCUT2D eigenvalue weighted by Crippen LogP contribution is 2.20. The maximum atomic E-state index is 11.6. The first-order chi connectivity index (χ1) is 9.52. The molecule has 0 aromatic heterocycles. The molecular weight excluding hydrogens is 298 g/mol. The molecule has 1 amide bonds. The number of carboxylic acid groups (broad SMARTS) is 1. The third-order valence-electron chi connectivity index (χ3n) is 2.37. The Morgan fingerprint density at radius 1 is 1.40 bits per heavy atom. The van der Waals surface area contributed by atoms with Crippen LogP contribution in [0, 0.1) is 12.3 Å². The highest BCUT2D eigenvalue weighted by molar-refractivity contribution is 7.99. The van der Waals surface area contributed by atoms with Crippen LogP contribution in [0.3, 0.4) is 0 Å². The molecule has 0 aliphatic carbocycles. The Hall–Kier alpha value is -1.64. The van der Waals surface area contributed by atoms with Crippen LogP contribution in [0.1, 0.15) is 12.8 Å². The van der Waals surface area contributed by atoms with Crippen LogP contribution in [0.4, 0.5) is 0 Å². The molecule has 0 saturated carbocycles. The van der Waals surface area contributed by atoms with Crippen LogP contribution in [0.15, 0.2) is 29.2 Å². The van der Waals surface area contributed by atoms with E-state index in [1.807, 2.05) is 12.1 Å². The second-order valence-corrected chi connectivity index (χ2v) is 5.52. The minimum absolute atomic E-state index is 0.0224. The first-order valence-electron chi connectivity index (χ1n) is 5.87. The Kier molecular flexibility index (Phi) is 6.99. The molecule has 0 saturated heterocycles. The van der Waals surface area contributed by atoms with Gasteiger partial charge in [-0.05, 0) is 24.3 Å². The fraction of sp³-hybridized carbons (Fsp3) is 0.286. The molecule has 1 rings (SSSR count). The van der Waals surface area contributed by atoms with Crippen LogP contribution < -0.4 is 5.32 Å². The van der Waals surface area contributed by atoms with E-state index < -0.39 is 12.0 Å². The number of thioether (sulfide) groups is 1. The first-order valence-corrected chi connectivity index (χ1v) is 7.23. The van der Waals surface area contributed by atoms with Crippen LogP contribution in [0.2, 0.25) is 5.02 Å². The van der Waals surface area contributed by atoms with Gasteiger partial charge in [-0.2, -0.15) is 0 Å². The summed E-state index contributed by atoms with van der Waals surface area (Å²) in [5.74, 6) is 1.33. The van der Waals surface area contributed by atoms with Crippen molar-refractivity contribution in [2.75, 3.05) is 5.75 Å². The van der Waals surface area contributed by atoms with Gasteiger partial charge in [-0.1, -0.05) is 11.6 Å². The Balaban J connectivity index is 2.34. The zero-order valence-electron chi connectivity index (χ0n) is 10.6. The number of terminal acetylenes is 1. The maximum absolute atomic E-state index is 11.6. The van der Waals surface area contributed by atoms with Gasteiger partial charge >= 0.3 is 5.97 Å². The number of halogens is 1. The van der Waals surface area contributed by atoms with Crippen LogP contribution in [0.5, 0.6) is 0 Å². The summed E-state index contributed by atoms with van der Waals surface area (Å²) in [5, 5.41) is 11.9. The molecule has 4 nitrogen and oxygen atoms in total. The molecule has 0 aliphatic heterocycles. The predicted molar refractivity (Wildman–Crippen MR) is 79.8 cm³/mol. The van der Waals surface area contributed by atoms with Gasteiger partial charge in [-0.3, -0.25) is 4.79 Å². The number of amides is 1. The van der Waals surface area contributed by atoms with E-state index in [-0.39, 0.29) is 18.7 Å². The lowest BCUT2D eigenvalue weighted by Crippen LogP contribution is -2.40. The van der Waals surface area contributed by atoms with Crippen LogP contribution in [0.25, 0.3) is 0 Å². The van der Waals surface area contributed by atoms with Crippen molar-refractivity contribution >= 4 is 35.2 Å². The third-order valence-corrected chi connectivity index (χ3v) is 3.63. The van der Waals surface area contributed by atoms with E-state index in [2.05, 4.69) is 11.2 Å². The van der Waals surface area contributed by atoms with Crippen molar-refractivity contribution in [2.24, 2.45) is 0 Å². The fourth-order valence-electron chi connectivity index (χ4n) is 1.38. The minimum atomic E-state index is -1.12. The van der Waals surface area contributed by atoms with Gasteiger partial charge in [0.2, 0.25) is 5.91 Å². The molecule has 106 valence electrons. The third kappa shape index (κ3) is 6.00. The number of hydrogen-bond donors (Lipinski definition) is 2. The molecule has 0 fully saturated rings. The Morgan fingerprint density at radius 2 is 2.05 bits per heavy atom. The molecule has 0 bridgehead atoms. The van der Waals surface area contributed by atoms with Crippen molar-refractivity contribution < 1.29 is 14.7 Å². The van der Waals surface area contributed by atoms with Crippen LogP contribution in [-0.4, -0.2) is 28.8 Å². The minimum Gasteiger partial charge on any atom is -0.480 e. The Bertz CT molecular complexity index is 510. The van der Waals surface area contributed by atoms with E-state index in [1.165, 1.54) is 11.8 Å². The molecule has 6 heteroatoms. The highest BCUT2D eigenvalue weighted by Gasteiger charge is 2.18. The van der Waals surface area contributed by atoms with Gasteiger partial charge in [0.25, 0.3) is 0 Å². The van der Waals surface area contributed by atoms with Gasteiger partial charge in [0, 0.05) is 28.5 Å². The molecule has 0 heterocycles. The van der Waals surface area contributed by atoms with E-state index in [9.17, 15) is 9.59 Å². The number of aliphatic carboxylic acids is 1. The number of nitrogens with one attached hydrogen (secondary N) is 1. The summed E-state index contributed by atoms with van der Waals surface area (Å²) in [6, 6.07) is 6.26. The first kappa shape index (κ1) is 16.4. The lowest BCUT2D eigenvalue weighted by molar-refractivity contribution is -0.141. The lowest BCUT2D eigenvalue weighted by Gasteiger charge is -2.11. The molecular formula is C14H14ClNO3S.